The van der Waals surface area contributed by atoms with Gasteiger partial charge in [-0.2, -0.15) is 39.5 Å². The number of rotatable bonds is 6. The molecule has 39 heavy (non-hydrogen) atoms. The molecule has 0 aromatic heterocycles. The molecule has 0 radical (unpaired) electrons. The minimum absolute atomic E-state index is 0.0185. The van der Waals surface area contributed by atoms with Crippen LogP contribution in [0.25, 0.3) is 0 Å². The Morgan fingerprint density at radius 1 is 0.821 bits per heavy atom. The Kier molecular flexibility index (Phi) is 9.14. The smallest absolute Gasteiger partial charge is 0.434 e. The SMILES string of the molecule is O=C(O)CN1CCN(c2cc(C(F)(F)F)ccc2CN2CCN(C(=O)OC(C(F)(F)F)C(F)(F)F)CC2)CC1. The van der Waals surface area contributed by atoms with Gasteiger partial charge < -0.3 is 19.6 Å². The summed E-state index contributed by atoms with van der Waals surface area (Å²) in [7, 11) is 0. The maximum Gasteiger partial charge on any atom is 0.434 e. The number of anilines is 1. The fourth-order valence-electron chi connectivity index (χ4n) is 4.33. The molecule has 1 amide bonds. The molecule has 0 aliphatic carbocycles. The Morgan fingerprint density at radius 3 is 1.85 bits per heavy atom. The van der Waals surface area contributed by atoms with Crippen molar-refractivity contribution in [3.8, 4) is 0 Å². The molecule has 0 atom stereocenters. The van der Waals surface area contributed by atoms with Crippen molar-refractivity contribution in [1.82, 2.24) is 14.7 Å². The second-order valence-corrected chi connectivity index (χ2v) is 9.11. The van der Waals surface area contributed by atoms with Crippen LogP contribution < -0.4 is 4.90 Å². The average molecular weight is 580 g/mol. The van der Waals surface area contributed by atoms with Crippen molar-refractivity contribution in [3.63, 3.8) is 0 Å². The van der Waals surface area contributed by atoms with Crippen molar-refractivity contribution in [2.45, 2.75) is 31.2 Å². The van der Waals surface area contributed by atoms with Crippen LogP contribution in [0.4, 0.5) is 50.0 Å². The minimum atomic E-state index is -5.84. The molecule has 220 valence electrons. The first-order valence-electron chi connectivity index (χ1n) is 11.7. The monoisotopic (exact) mass is 580 g/mol. The summed E-state index contributed by atoms with van der Waals surface area (Å²) in [6, 6.07) is 3.19. The Hall–Kier alpha value is -2.95. The molecule has 2 fully saturated rings. The van der Waals surface area contributed by atoms with Crippen molar-refractivity contribution in [3.05, 3.63) is 29.3 Å². The molecule has 1 N–H and O–H groups in total. The minimum Gasteiger partial charge on any atom is -0.480 e. The summed E-state index contributed by atoms with van der Waals surface area (Å²) >= 11 is 0. The predicted octanol–water partition coefficient (Wildman–Crippen LogP) is 3.66. The topological polar surface area (TPSA) is 76.6 Å². The number of hydrogen-bond acceptors (Lipinski definition) is 6. The van der Waals surface area contributed by atoms with E-state index in [4.69, 9.17) is 5.11 Å². The number of piperazine rings is 2. The van der Waals surface area contributed by atoms with Crippen molar-refractivity contribution in [2.75, 3.05) is 63.8 Å². The Morgan fingerprint density at radius 2 is 1.36 bits per heavy atom. The lowest BCUT2D eigenvalue weighted by molar-refractivity contribution is -0.308. The quantitative estimate of drug-likeness (QED) is 0.515. The van der Waals surface area contributed by atoms with Gasteiger partial charge in [-0.3, -0.25) is 14.6 Å². The summed E-state index contributed by atoms with van der Waals surface area (Å²) in [6.07, 6.45) is -22.3. The van der Waals surface area contributed by atoms with Crippen LogP contribution in [0, 0.1) is 0 Å². The van der Waals surface area contributed by atoms with Crippen LogP contribution in [0.3, 0.4) is 0 Å². The van der Waals surface area contributed by atoms with E-state index in [0.29, 0.717) is 23.6 Å². The number of carbonyl (C=O) groups is 2. The summed E-state index contributed by atoms with van der Waals surface area (Å²) in [5.74, 6) is -1.03. The highest BCUT2D eigenvalue weighted by atomic mass is 19.4. The molecule has 2 saturated heterocycles. The van der Waals surface area contributed by atoms with Gasteiger partial charge in [0, 0.05) is 64.6 Å². The Balaban J connectivity index is 1.67. The van der Waals surface area contributed by atoms with E-state index in [9.17, 15) is 49.1 Å². The number of benzene rings is 1. The Bertz CT molecular complexity index is 1000. The number of carbonyl (C=O) groups excluding carboxylic acids is 1. The van der Waals surface area contributed by atoms with Crippen LogP contribution in [-0.2, 0) is 22.3 Å². The zero-order valence-corrected chi connectivity index (χ0v) is 20.2. The number of nitrogens with zero attached hydrogens (tertiary/aromatic N) is 4. The van der Waals surface area contributed by atoms with Crippen LogP contribution in [0.1, 0.15) is 11.1 Å². The van der Waals surface area contributed by atoms with Gasteiger partial charge in [0.15, 0.2) is 0 Å². The molecular weight excluding hydrogens is 555 g/mol. The second-order valence-electron chi connectivity index (χ2n) is 9.11. The summed E-state index contributed by atoms with van der Waals surface area (Å²) in [5.41, 5.74) is -0.120. The molecule has 2 aliphatic heterocycles. The van der Waals surface area contributed by atoms with Gasteiger partial charge in [-0.05, 0) is 17.7 Å². The van der Waals surface area contributed by atoms with Crippen LogP contribution in [0.15, 0.2) is 18.2 Å². The van der Waals surface area contributed by atoms with E-state index >= 15 is 0 Å². The number of carboxylic acids is 1. The molecule has 2 heterocycles. The molecule has 2 aliphatic rings. The molecule has 0 spiro atoms. The lowest BCUT2D eigenvalue weighted by atomic mass is 10.1. The molecule has 8 nitrogen and oxygen atoms in total. The first kappa shape index (κ1) is 30.6. The first-order valence-corrected chi connectivity index (χ1v) is 11.7. The van der Waals surface area contributed by atoms with Crippen molar-refractivity contribution in [1.29, 1.82) is 0 Å². The summed E-state index contributed by atoms with van der Waals surface area (Å²) < 4.78 is 120. The number of ether oxygens (including phenoxy) is 1. The second kappa shape index (κ2) is 11.7. The Labute approximate surface area is 216 Å². The molecule has 0 saturated carbocycles. The van der Waals surface area contributed by atoms with Gasteiger partial charge in [0.2, 0.25) is 0 Å². The van der Waals surface area contributed by atoms with E-state index in [2.05, 4.69) is 4.74 Å². The molecule has 0 bridgehead atoms. The highest BCUT2D eigenvalue weighted by Crippen LogP contribution is 2.37. The van der Waals surface area contributed by atoms with E-state index in [0.717, 1.165) is 12.1 Å². The van der Waals surface area contributed by atoms with Gasteiger partial charge in [0.25, 0.3) is 6.10 Å². The molecular formula is C22H25F9N4O4. The number of halogens is 9. The highest BCUT2D eigenvalue weighted by molar-refractivity contribution is 5.69. The predicted molar refractivity (Wildman–Crippen MR) is 117 cm³/mol. The molecule has 17 heteroatoms. The summed E-state index contributed by atoms with van der Waals surface area (Å²) in [6.45, 7) is 0.550. The first-order chi connectivity index (χ1) is 17.9. The van der Waals surface area contributed by atoms with E-state index in [1.807, 2.05) is 0 Å². The zero-order chi connectivity index (χ0) is 29.2. The summed E-state index contributed by atoms with van der Waals surface area (Å²) in [5, 5.41) is 8.95. The lowest BCUT2D eigenvalue weighted by Crippen LogP contribution is -2.52. The summed E-state index contributed by atoms with van der Waals surface area (Å²) in [4.78, 5) is 28.7. The molecule has 1 aromatic rings. The highest BCUT2D eigenvalue weighted by Gasteiger charge is 2.60. The van der Waals surface area contributed by atoms with E-state index in [1.54, 1.807) is 14.7 Å². The van der Waals surface area contributed by atoms with Crippen molar-refractivity contribution < 1.29 is 58.9 Å². The third-order valence-electron chi connectivity index (χ3n) is 6.32. The number of amides is 1. The van der Waals surface area contributed by atoms with Gasteiger partial charge in [0.05, 0.1) is 12.1 Å². The van der Waals surface area contributed by atoms with Crippen LogP contribution in [0.2, 0.25) is 0 Å². The maximum atomic E-state index is 13.4. The van der Waals surface area contributed by atoms with Gasteiger partial charge in [-0.1, -0.05) is 6.07 Å². The van der Waals surface area contributed by atoms with Crippen molar-refractivity contribution >= 4 is 17.7 Å². The van der Waals surface area contributed by atoms with Crippen molar-refractivity contribution in [2.24, 2.45) is 0 Å². The van der Waals surface area contributed by atoms with Gasteiger partial charge in [-0.25, -0.2) is 4.79 Å². The fraction of sp³-hybridized carbons (Fsp3) is 0.636. The third kappa shape index (κ3) is 8.27. The largest absolute Gasteiger partial charge is 0.480 e. The average Bonchev–Trinajstić information content (AvgIpc) is 2.81. The number of hydrogen-bond donors (Lipinski definition) is 1. The van der Waals surface area contributed by atoms with Gasteiger partial charge in [-0.15, -0.1) is 0 Å². The van der Waals surface area contributed by atoms with Gasteiger partial charge >= 0.3 is 30.6 Å². The van der Waals surface area contributed by atoms with E-state index in [1.165, 1.54) is 6.07 Å². The molecule has 0 unspecified atom stereocenters. The van der Waals surface area contributed by atoms with Crippen LogP contribution in [0.5, 0.6) is 0 Å². The number of alkyl halides is 9. The molecule has 3 rings (SSSR count). The normalized spacial score (nSPS) is 18.5. The van der Waals surface area contributed by atoms with Crippen LogP contribution >= 0.6 is 0 Å². The lowest BCUT2D eigenvalue weighted by Gasteiger charge is -2.38. The van der Waals surface area contributed by atoms with E-state index in [-0.39, 0.29) is 58.0 Å². The zero-order valence-electron chi connectivity index (χ0n) is 20.2. The maximum absolute atomic E-state index is 13.4. The standard InChI is InChI=1S/C22H25F9N4O4/c23-20(24,25)15-2-1-14(16(11-15)34-7-3-33(4-8-34)13-17(36)37)12-32-5-9-35(10-6-32)19(38)39-18(21(26,27)28)22(29,30)31/h1-2,11,18H,3-10,12-13H2,(H,36,37). The third-order valence-corrected chi connectivity index (χ3v) is 6.32. The van der Waals surface area contributed by atoms with Crippen LogP contribution in [-0.4, -0.2) is 109 Å². The molecule has 1 aromatic carbocycles. The number of aliphatic carboxylic acids is 1. The van der Waals surface area contributed by atoms with Gasteiger partial charge in [0.1, 0.15) is 0 Å². The fourth-order valence-corrected chi connectivity index (χ4v) is 4.33. The van der Waals surface area contributed by atoms with E-state index < -0.39 is 42.3 Å². The number of carboxylic acid groups (broad SMARTS) is 1.